The van der Waals surface area contributed by atoms with E-state index in [1.807, 2.05) is 0 Å². The average Bonchev–Trinajstić information content (AvgIpc) is 2.84. The summed E-state index contributed by atoms with van der Waals surface area (Å²) in [6.07, 6.45) is 5.33. The minimum Gasteiger partial charge on any atom is -0.481 e. The Morgan fingerprint density at radius 1 is 1.44 bits per heavy atom. The second-order valence-corrected chi connectivity index (χ2v) is 5.19. The van der Waals surface area contributed by atoms with Gasteiger partial charge in [-0.3, -0.25) is 9.59 Å². The van der Waals surface area contributed by atoms with Crippen LogP contribution in [-0.4, -0.2) is 47.7 Å². The maximum absolute atomic E-state index is 11.7. The smallest absolute Gasteiger partial charge is 0.308 e. The van der Waals surface area contributed by atoms with Gasteiger partial charge in [-0.2, -0.15) is 0 Å². The van der Waals surface area contributed by atoms with E-state index in [-0.39, 0.29) is 11.8 Å². The highest BCUT2D eigenvalue weighted by Gasteiger charge is 2.29. The van der Waals surface area contributed by atoms with Gasteiger partial charge in [-0.1, -0.05) is 0 Å². The molecule has 0 aliphatic carbocycles. The summed E-state index contributed by atoms with van der Waals surface area (Å²) < 4.78 is 5.53. The molecule has 2 aliphatic heterocycles. The Bertz CT molecular complexity index is 312. The van der Waals surface area contributed by atoms with Gasteiger partial charge < -0.3 is 14.7 Å². The summed E-state index contributed by atoms with van der Waals surface area (Å²) in [4.78, 5) is 24.3. The van der Waals surface area contributed by atoms with Crippen LogP contribution in [0.4, 0.5) is 0 Å². The molecule has 5 heteroatoms. The predicted octanol–water partition coefficient (Wildman–Crippen LogP) is 1.27. The fourth-order valence-corrected chi connectivity index (χ4v) is 2.71. The van der Waals surface area contributed by atoms with Crippen molar-refractivity contribution >= 4 is 11.9 Å². The van der Waals surface area contributed by atoms with Crippen molar-refractivity contribution in [2.45, 2.75) is 44.6 Å². The van der Waals surface area contributed by atoms with Crippen molar-refractivity contribution in [2.24, 2.45) is 5.92 Å². The standard InChI is InChI=1S/C13H21NO4/c15-12-6-5-10(13(16)17)9-14(12)7-1-3-11-4-2-8-18-11/h10-11H,1-9H2,(H,16,17). The number of nitrogens with zero attached hydrogens (tertiary/aromatic N) is 1. The van der Waals surface area contributed by atoms with Gasteiger partial charge in [-0.15, -0.1) is 0 Å². The van der Waals surface area contributed by atoms with Gasteiger partial charge in [0.2, 0.25) is 5.91 Å². The van der Waals surface area contributed by atoms with Gasteiger partial charge in [0.05, 0.1) is 12.0 Å². The zero-order valence-electron chi connectivity index (χ0n) is 10.6. The lowest BCUT2D eigenvalue weighted by molar-refractivity contribution is -0.147. The molecule has 1 amide bonds. The molecule has 0 radical (unpaired) electrons. The van der Waals surface area contributed by atoms with Gasteiger partial charge in [0.1, 0.15) is 0 Å². The van der Waals surface area contributed by atoms with Crippen LogP contribution in [0.3, 0.4) is 0 Å². The molecule has 2 aliphatic rings. The van der Waals surface area contributed by atoms with Gasteiger partial charge in [0, 0.05) is 26.1 Å². The van der Waals surface area contributed by atoms with Crippen molar-refractivity contribution in [1.82, 2.24) is 4.90 Å². The average molecular weight is 255 g/mol. The molecule has 0 spiro atoms. The SMILES string of the molecule is O=C(O)C1CCC(=O)N(CCCC2CCCO2)C1. The molecule has 2 fully saturated rings. The second kappa shape index (κ2) is 6.18. The Balaban J connectivity index is 1.72. The first-order valence-corrected chi connectivity index (χ1v) is 6.79. The van der Waals surface area contributed by atoms with Crippen LogP contribution in [0.5, 0.6) is 0 Å². The molecule has 5 nitrogen and oxygen atoms in total. The van der Waals surface area contributed by atoms with E-state index in [9.17, 15) is 9.59 Å². The molecule has 102 valence electrons. The summed E-state index contributed by atoms with van der Waals surface area (Å²) in [5, 5.41) is 8.98. The fourth-order valence-electron chi connectivity index (χ4n) is 2.71. The van der Waals surface area contributed by atoms with Crippen molar-refractivity contribution < 1.29 is 19.4 Å². The predicted molar refractivity (Wildman–Crippen MR) is 65.1 cm³/mol. The number of hydrogen-bond acceptors (Lipinski definition) is 3. The molecule has 0 aromatic rings. The first-order valence-electron chi connectivity index (χ1n) is 6.79. The van der Waals surface area contributed by atoms with Gasteiger partial charge in [-0.05, 0) is 32.1 Å². The molecular weight excluding hydrogens is 234 g/mol. The van der Waals surface area contributed by atoms with Crippen LogP contribution >= 0.6 is 0 Å². The summed E-state index contributed by atoms with van der Waals surface area (Å²) in [7, 11) is 0. The lowest BCUT2D eigenvalue weighted by Crippen LogP contribution is -2.43. The number of likely N-dealkylation sites (tertiary alicyclic amines) is 1. The summed E-state index contributed by atoms with van der Waals surface area (Å²) >= 11 is 0. The van der Waals surface area contributed by atoms with Crippen LogP contribution in [0.25, 0.3) is 0 Å². The number of piperidine rings is 1. The topological polar surface area (TPSA) is 66.8 Å². The Morgan fingerprint density at radius 2 is 2.28 bits per heavy atom. The maximum Gasteiger partial charge on any atom is 0.308 e. The summed E-state index contributed by atoms with van der Waals surface area (Å²) in [5.74, 6) is -1.07. The van der Waals surface area contributed by atoms with E-state index in [2.05, 4.69) is 0 Å². The van der Waals surface area contributed by atoms with Crippen molar-refractivity contribution in [3.05, 3.63) is 0 Å². The highest BCUT2D eigenvalue weighted by atomic mass is 16.5. The van der Waals surface area contributed by atoms with E-state index < -0.39 is 5.97 Å². The van der Waals surface area contributed by atoms with E-state index in [4.69, 9.17) is 9.84 Å². The summed E-state index contributed by atoms with van der Waals surface area (Å²) in [6.45, 7) is 1.90. The third kappa shape index (κ3) is 3.45. The normalized spacial score (nSPS) is 28.7. The van der Waals surface area contributed by atoms with Gasteiger partial charge in [0.15, 0.2) is 0 Å². The minimum atomic E-state index is -0.786. The molecule has 2 rings (SSSR count). The quantitative estimate of drug-likeness (QED) is 0.803. The third-order valence-corrected chi connectivity index (χ3v) is 3.83. The highest BCUT2D eigenvalue weighted by Crippen LogP contribution is 2.20. The first kappa shape index (κ1) is 13.3. The van der Waals surface area contributed by atoms with Gasteiger partial charge in [-0.25, -0.2) is 0 Å². The summed E-state index contributed by atoms with van der Waals surface area (Å²) in [5.41, 5.74) is 0. The van der Waals surface area contributed by atoms with Crippen LogP contribution in [0.1, 0.15) is 38.5 Å². The lowest BCUT2D eigenvalue weighted by atomic mass is 9.97. The number of amides is 1. The molecule has 2 unspecified atom stereocenters. The zero-order valence-corrected chi connectivity index (χ0v) is 10.6. The van der Waals surface area contributed by atoms with E-state index >= 15 is 0 Å². The number of ether oxygens (including phenoxy) is 1. The maximum atomic E-state index is 11.7. The Kier molecular flexibility index (Phi) is 4.58. The Hall–Kier alpha value is -1.10. The van der Waals surface area contributed by atoms with Crippen LogP contribution in [0, 0.1) is 5.92 Å². The third-order valence-electron chi connectivity index (χ3n) is 3.83. The number of aliphatic carboxylic acids is 1. The zero-order chi connectivity index (χ0) is 13.0. The monoisotopic (exact) mass is 255 g/mol. The largest absolute Gasteiger partial charge is 0.481 e. The molecule has 2 heterocycles. The number of carbonyl (C=O) groups excluding carboxylic acids is 1. The molecule has 1 N–H and O–H groups in total. The molecule has 18 heavy (non-hydrogen) atoms. The molecule has 0 bridgehead atoms. The van der Waals surface area contributed by atoms with Crippen molar-refractivity contribution in [1.29, 1.82) is 0 Å². The lowest BCUT2D eigenvalue weighted by Gasteiger charge is -2.30. The number of carbonyl (C=O) groups is 2. The molecule has 2 saturated heterocycles. The van der Waals surface area contributed by atoms with E-state index in [1.54, 1.807) is 4.90 Å². The van der Waals surface area contributed by atoms with Crippen LogP contribution in [0.2, 0.25) is 0 Å². The van der Waals surface area contributed by atoms with Crippen molar-refractivity contribution in [3.8, 4) is 0 Å². The van der Waals surface area contributed by atoms with E-state index in [1.165, 1.54) is 0 Å². The number of carboxylic acids is 1. The van der Waals surface area contributed by atoms with Crippen LogP contribution < -0.4 is 0 Å². The number of carboxylic acid groups (broad SMARTS) is 1. The van der Waals surface area contributed by atoms with Gasteiger partial charge in [0.25, 0.3) is 0 Å². The second-order valence-electron chi connectivity index (χ2n) is 5.19. The van der Waals surface area contributed by atoms with E-state index in [0.29, 0.717) is 32.0 Å². The summed E-state index contributed by atoms with van der Waals surface area (Å²) in [6, 6.07) is 0. The Labute approximate surface area is 107 Å². The highest BCUT2D eigenvalue weighted by molar-refractivity contribution is 5.80. The number of rotatable bonds is 5. The molecule has 0 saturated carbocycles. The molecule has 0 aromatic carbocycles. The molecule has 2 atom stereocenters. The Morgan fingerprint density at radius 3 is 2.94 bits per heavy atom. The first-order chi connectivity index (χ1) is 8.66. The van der Waals surface area contributed by atoms with Crippen LogP contribution in [-0.2, 0) is 14.3 Å². The van der Waals surface area contributed by atoms with Crippen molar-refractivity contribution in [2.75, 3.05) is 19.7 Å². The molecule has 0 aromatic heterocycles. The number of hydrogen-bond donors (Lipinski definition) is 1. The minimum absolute atomic E-state index is 0.0971. The van der Waals surface area contributed by atoms with Gasteiger partial charge >= 0.3 is 5.97 Å². The van der Waals surface area contributed by atoms with Crippen LogP contribution in [0.15, 0.2) is 0 Å². The van der Waals surface area contributed by atoms with E-state index in [0.717, 1.165) is 32.3 Å². The van der Waals surface area contributed by atoms with Crippen molar-refractivity contribution in [3.63, 3.8) is 0 Å². The fraction of sp³-hybridized carbons (Fsp3) is 0.846. The molecular formula is C13H21NO4.